The molecule has 0 saturated heterocycles. The molecule has 0 saturated carbocycles. The average molecular weight is 1140 g/mol. The molecule has 290 valence electrons. The Morgan fingerprint density at radius 2 is 0.820 bits per heavy atom. The summed E-state index contributed by atoms with van der Waals surface area (Å²) in [5.74, 6) is 2.73. The molecule has 7 nitrogen and oxygen atoms in total. The molecule has 0 spiro atoms. The van der Waals surface area contributed by atoms with Gasteiger partial charge >= 0.3 is 42.1 Å². The fraction of sp³-hybridized carbons (Fsp3) is 0. The first-order valence-electron chi connectivity index (χ1n) is 19.4. The van der Waals surface area contributed by atoms with Crippen molar-refractivity contribution in [2.45, 2.75) is 0 Å². The Bertz CT molecular complexity index is 3070. The van der Waals surface area contributed by atoms with E-state index in [1.807, 2.05) is 77.6 Å². The second kappa shape index (κ2) is 15.9. The van der Waals surface area contributed by atoms with Gasteiger partial charge < -0.3 is 14.0 Å². The predicted octanol–water partition coefficient (Wildman–Crippen LogP) is 6.14. The Kier molecular flexibility index (Phi) is 10.1. The summed E-state index contributed by atoms with van der Waals surface area (Å²) in [7, 11) is 0. The molecule has 6 heterocycles. The van der Waals surface area contributed by atoms with Gasteiger partial charge in [0.25, 0.3) is 0 Å². The van der Waals surface area contributed by atoms with Crippen LogP contribution in [-0.4, -0.2) is 37.9 Å². The molecule has 10 aromatic rings. The van der Waals surface area contributed by atoms with Crippen LogP contribution in [0.15, 0.2) is 164 Å². The summed E-state index contributed by atoms with van der Waals surface area (Å²) in [6, 6.07) is 61.3. The Morgan fingerprint density at radius 1 is 0.393 bits per heavy atom. The Balaban J connectivity index is 0.00000223. The molecule has 0 amide bonds. The molecule has 0 radical (unpaired) electrons. The third-order valence-corrected chi connectivity index (χ3v) is 11.3. The van der Waals surface area contributed by atoms with Gasteiger partial charge in [-0.3, -0.25) is 9.97 Å². The van der Waals surface area contributed by atoms with Gasteiger partial charge in [0.15, 0.2) is 0 Å². The van der Waals surface area contributed by atoms with Crippen molar-refractivity contribution in [3.05, 3.63) is 189 Å². The normalized spacial score (nSPS) is 11.9. The van der Waals surface area contributed by atoms with Gasteiger partial charge in [0, 0.05) is 59.0 Å². The van der Waals surface area contributed by atoms with Crippen LogP contribution >= 0.6 is 0 Å². The molecule has 61 heavy (non-hydrogen) atoms. The first kappa shape index (κ1) is 38.8. The van der Waals surface area contributed by atoms with Crippen molar-refractivity contribution < 1.29 is 51.6 Å². The summed E-state index contributed by atoms with van der Waals surface area (Å²) in [6.07, 6.45) is 7.14. The van der Waals surface area contributed by atoms with Gasteiger partial charge in [-0.05, 0) is 30.3 Å². The monoisotopic (exact) mass is 1140 g/mol. The van der Waals surface area contributed by atoms with E-state index in [1.54, 1.807) is 18.5 Å². The van der Waals surface area contributed by atoms with E-state index in [1.165, 1.54) is 22.1 Å². The predicted molar refractivity (Wildman–Crippen MR) is 233 cm³/mol. The van der Waals surface area contributed by atoms with E-state index >= 15 is 0 Å². The molecular formula is C50H27B2N5O2Pt2. The summed E-state index contributed by atoms with van der Waals surface area (Å²) >= 11 is 0. The zero-order valence-electron chi connectivity index (χ0n) is 31.9. The van der Waals surface area contributed by atoms with Crippen molar-refractivity contribution in [3.63, 3.8) is 0 Å². The smallest absolute Gasteiger partial charge is 0.509 e. The van der Waals surface area contributed by atoms with E-state index in [-0.39, 0.29) is 55.6 Å². The second-order valence-corrected chi connectivity index (χ2v) is 14.6. The van der Waals surface area contributed by atoms with Crippen molar-refractivity contribution >= 4 is 68.3 Å². The number of hydrogen-bond donors (Lipinski definition) is 0. The Morgan fingerprint density at radius 3 is 1.30 bits per heavy atom. The SMILES string of the molecule is [Pt+2].[Pt+2].[c-]1c(Oc2[c-]c3c(cc2)c2ccc(Oc4[c-]c5c(cc4)-c4ccccc4B5c4ccccn4)[c-]c2n3-c2ncccn2)ccc2c1B(c1ccccn1)c1ccccc1-2. The van der Waals surface area contributed by atoms with Gasteiger partial charge in [-0.15, -0.1) is 59.7 Å². The molecule has 11 heteroatoms. The Hall–Kier alpha value is -6.39. The van der Waals surface area contributed by atoms with E-state index in [4.69, 9.17) is 19.4 Å². The van der Waals surface area contributed by atoms with Crippen LogP contribution in [0.1, 0.15) is 0 Å². The molecule has 0 N–H and O–H groups in total. The summed E-state index contributed by atoms with van der Waals surface area (Å²) < 4.78 is 15.1. The number of nitrogens with zero attached hydrogens (tertiary/aromatic N) is 5. The number of fused-ring (bicyclic) bond motifs is 9. The molecule has 0 atom stereocenters. The summed E-state index contributed by atoms with van der Waals surface area (Å²) in [5, 5.41) is 1.90. The molecule has 2 aliphatic heterocycles. The topological polar surface area (TPSA) is 75.0 Å². The van der Waals surface area contributed by atoms with Crippen LogP contribution in [0, 0.1) is 24.3 Å². The van der Waals surface area contributed by atoms with Crippen molar-refractivity contribution in [2.75, 3.05) is 0 Å². The molecule has 6 aromatic carbocycles. The van der Waals surface area contributed by atoms with E-state index in [9.17, 15) is 0 Å². The zero-order chi connectivity index (χ0) is 38.9. The van der Waals surface area contributed by atoms with Crippen LogP contribution in [0.2, 0.25) is 0 Å². The third-order valence-electron chi connectivity index (χ3n) is 11.3. The fourth-order valence-corrected chi connectivity index (χ4v) is 8.82. The van der Waals surface area contributed by atoms with Crippen molar-refractivity contribution in [1.82, 2.24) is 24.5 Å². The molecule has 4 aromatic heterocycles. The summed E-state index contributed by atoms with van der Waals surface area (Å²) in [4.78, 5) is 18.8. The van der Waals surface area contributed by atoms with Gasteiger partial charge in [0.2, 0.25) is 19.4 Å². The van der Waals surface area contributed by atoms with Crippen LogP contribution in [0.3, 0.4) is 0 Å². The summed E-state index contributed by atoms with van der Waals surface area (Å²) in [5.41, 5.74) is 12.6. The molecule has 2 aliphatic rings. The maximum absolute atomic E-state index is 6.56. The number of benzene rings is 6. The standard InChI is InChI=1S/C50H27B2N5O2.2Pt/c1-3-12-42-36(10-1)38-20-16-32(28-44(38)51(42)48-14-5-7-24-53-48)58-34-18-22-40-41-23-19-35(31-47(41)57(46(40)30-34)50-55-26-9-27-56-50)59-33-17-21-39-37-11-2-4-13-43(37)52(45(39)29-33)49-15-6-8-25-54-49;;/h1-27H;;/q-4;2*+2. The average Bonchev–Trinajstić information content (AvgIpc) is 3.92. The van der Waals surface area contributed by atoms with Gasteiger partial charge in [-0.2, -0.15) is 46.0 Å². The number of rotatable bonds is 7. The molecule has 0 aliphatic carbocycles. The van der Waals surface area contributed by atoms with Crippen molar-refractivity contribution in [1.29, 1.82) is 0 Å². The molecule has 0 unspecified atom stereocenters. The number of aromatic nitrogens is 5. The zero-order valence-corrected chi connectivity index (χ0v) is 36.5. The van der Waals surface area contributed by atoms with E-state index in [0.717, 1.165) is 55.0 Å². The van der Waals surface area contributed by atoms with Crippen LogP contribution in [0.5, 0.6) is 23.0 Å². The maximum atomic E-state index is 6.56. The minimum absolute atomic E-state index is 0. The van der Waals surface area contributed by atoms with Gasteiger partial charge in [-0.1, -0.05) is 93.7 Å². The minimum atomic E-state index is -0.0462. The van der Waals surface area contributed by atoms with Crippen molar-refractivity contribution in [3.8, 4) is 51.2 Å². The quantitative estimate of drug-likeness (QED) is 0.141. The van der Waals surface area contributed by atoms with Gasteiger partial charge in [0.05, 0.1) is 0 Å². The fourth-order valence-electron chi connectivity index (χ4n) is 8.82. The number of ether oxygens (including phenoxy) is 2. The second-order valence-electron chi connectivity index (χ2n) is 14.6. The third kappa shape index (κ3) is 6.55. The van der Waals surface area contributed by atoms with Crippen LogP contribution in [0.25, 0.3) is 50.0 Å². The maximum Gasteiger partial charge on any atom is 2.00 e. The molecule has 0 fully saturated rings. The first-order chi connectivity index (χ1) is 29.2. The summed E-state index contributed by atoms with van der Waals surface area (Å²) in [6.45, 7) is -0.0924. The largest absolute Gasteiger partial charge is 2.00 e. The van der Waals surface area contributed by atoms with E-state index < -0.39 is 0 Å². The Labute approximate surface area is 381 Å². The van der Waals surface area contributed by atoms with E-state index in [2.05, 4.69) is 107 Å². The number of hydrogen-bond acceptors (Lipinski definition) is 6. The number of pyridine rings is 2. The van der Waals surface area contributed by atoms with Crippen LogP contribution < -0.4 is 42.5 Å². The van der Waals surface area contributed by atoms with Crippen LogP contribution in [-0.2, 0) is 42.1 Å². The first-order valence-corrected chi connectivity index (χ1v) is 19.4. The van der Waals surface area contributed by atoms with E-state index in [0.29, 0.717) is 28.9 Å². The molecule has 0 bridgehead atoms. The van der Waals surface area contributed by atoms with Gasteiger partial charge in [-0.25, -0.2) is 9.97 Å². The molecule has 12 rings (SSSR count). The molecular weight excluding hydrogens is 1110 g/mol. The van der Waals surface area contributed by atoms with Crippen LogP contribution in [0.4, 0.5) is 0 Å². The van der Waals surface area contributed by atoms with Gasteiger partial charge in [0.1, 0.15) is 0 Å². The van der Waals surface area contributed by atoms with Crippen molar-refractivity contribution in [2.24, 2.45) is 0 Å². The minimum Gasteiger partial charge on any atom is -0.509 e.